The van der Waals surface area contributed by atoms with E-state index in [0.717, 1.165) is 26.2 Å². The highest BCUT2D eigenvalue weighted by atomic mass is 16.5. The first kappa shape index (κ1) is 15.9. The summed E-state index contributed by atoms with van der Waals surface area (Å²) < 4.78 is 5.16. The van der Waals surface area contributed by atoms with Crippen molar-refractivity contribution in [3.05, 3.63) is 0 Å². The van der Waals surface area contributed by atoms with Crippen LogP contribution in [0.1, 0.15) is 40.0 Å². The maximum Gasteiger partial charge on any atom is 0.0589 e. The van der Waals surface area contributed by atoms with Crippen LogP contribution in [0.25, 0.3) is 0 Å². The Morgan fingerprint density at radius 3 is 2.50 bits per heavy atom. The van der Waals surface area contributed by atoms with E-state index >= 15 is 0 Å². The first-order chi connectivity index (χ1) is 7.76. The molecule has 98 valence electrons. The van der Waals surface area contributed by atoms with Crippen LogP contribution < -0.4 is 5.32 Å². The molecular formula is C13H30N2O. The van der Waals surface area contributed by atoms with E-state index in [1.807, 2.05) is 0 Å². The highest BCUT2D eigenvalue weighted by Crippen LogP contribution is 2.05. The van der Waals surface area contributed by atoms with Crippen LogP contribution in [-0.4, -0.2) is 50.8 Å². The second-order valence-corrected chi connectivity index (χ2v) is 4.35. The van der Waals surface area contributed by atoms with Gasteiger partial charge in [0.1, 0.15) is 0 Å². The summed E-state index contributed by atoms with van der Waals surface area (Å²) in [5.41, 5.74) is 0. The summed E-state index contributed by atoms with van der Waals surface area (Å²) in [6.07, 6.45) is 3.77. The fourth-order valence-electron chi connectivity index (χ4n) is 1.76. The Kier molecular flexibility index (Phi) is 11.3. The van der Waals surface area contributed by atoms with E-state index in [1.165, 1.54) is 25.8 Å². The van der Waals surface area contributed by atoms with Crippen LogP contribution in [0.3, 0.4) is 0 Å². The lowest BCUT2D eigenvalue weighted by Crippen LogP contribution is -2.36. The summed E-state index contributed by atoms with van der Waals surface area (Å²) in [6.45, 7) is 12.1. The largest absolute Gasteiger partial charge is 0.383 e. The topological polar surface area (TPSA) is 24.5 Å². The van der Waals surface area contributed by atoms with Crippen molar-refractivity contribution in [3.63, 3.8) is 0 Å². The number of nitrogens with one attached hydrogen (secondary N) is 1. The number of unbranched alkanes of at least 4 members (excludes halogenated alkanes) is 1. The van der Waals surface area contributed by atoms with Gasteiger partial charge >= 0.3 is 0 Å². The zero-order chi connectivity index (χ0) is 12.2. The van der Waals surface area contributed by atoms with Crippen molar-refractivity contribution in [2.45, 2.75) is 46.1 Å². The van der Waals surface area contributed by atoms with Gasteiger partial charge in [-0.25, -0.2) is 0 Å². The zero-order valence-electron chi connectivity index (χ0n) is 11.6. The molecule has 3 nitrogen and oxygen atoms in total. The van der Waals surface area contributed by atoms with Crippen molar-refractivity contribution in [2.75, 3.05) is 39.9 Å². The fourth-order valence-corrected chi connectivity index (χ4v) is 1.76. The summed E-state index contributed by atoms with van der Waals surface area (Å²) in [5.74, 6) is 0. The molecular weight excluding hydrogens is 200 g/mol. The van der Waals surface area contributed by atoms with Gasteiger partial charge in [0.25, 0.3) is 0 Å². The number of hydrogen-bond donors (Lipinski definition) is 1. The Bertz CT molecular complexity index is 142. The molecule has 0 spiro atoms. The lowest BCUT2D eigenvalue weighted by molar-refractivity contribution is 0.121. The van der Waals surface area contributed by atoms with Gasteiger partial charge in [0.2, 0.25) is 0 Å². The van der Waals surface area contributed by atoms with Crippen molar-refractivity contribution in [1.29, 1.82) is 0 Å². The van der Waals surface area contributed by atoms with Crippen molar-refractivity contribution in [3.8, 4) is 0 Å². The third kappa shape index (κ3) is 8.08. The minimum atomic E-state index is 0.675. The second-order valence-electron chi connectivity index (χ2n) is 4.35. The van der Waals surface area contributed by atoms with Crippen molar-refractivity contribution >= 4 is 0 Å². The van der Waals surface area contributed by atoms with Crippen molar-refractivity contribution in [2.24, 2.45) is 0 Å². The molecule has 0 aliphatic carbocycles. The van der Waals surface area contributed by atoms with Crippen LogP contribution in [0.5, 0.6) is 0 Å². The molecule has 0 aliphatic rings. The lowest BCUT2D eigenvalue weighted by atomic mass is 10.2. The molecule has 0 radical (unpaired) electrons. The third-order valence-electron chi connectivity index (χ3n) is 3.10. The summed E-state index contributed by atoms with van der Waals surface area (Å²) in [5, 5.41) is 3.37. The van der Waals surface area contributed by atoms with Crippen LogP contribution in [0, 0.1) is 0 Å². The van der Waals surface area contributed by atoms with Crippen LogP contribution in [0.15, 0.2) is 0 Å². The molecule has 1 N–H and O–H groups in total. The monoisotopic (exact) mass is 230 g/mol. The van der Waals surface area contributed by atoms with Gasteiger partial charge in [-0.15, -0.1) is 0 Å². The Hall–Kier alpha value is -0.120. The van der Waals surface area contributed by atoms with Crippen molar-refractivity contribution in [1.82, 2.24) is 10.2 Å². The zero-order valence-corrected chi connectivity index (χ0v) is 11.6. The predicted molar refractivity (Wildman–Crippen MR) is 71.0 cm³/mol. The van der Waals surface area contributed by atoms with Gasteiger partial charge in [0.05, 0.1) is 6.61 Å². The van der Waals surface area contributed by atoms with E-state index in [4.69, 9.17) is 4.74 Å². The smallest absolute Gasteiger partial charge is 0.0589 e. The van der Waals surface area contributed by atoms with Crippen LogP contribution in [0.2, 0.25) is 0 Å². The normalized spacial score (nSPS) is 13.3. The molecule has 0 rings (SSSR count). The van der Waals surface area contributed by atoms with Gasteiger partial charge in [0.15, 0.2) is 0 Å². The molecule has 0 amide bonds. The van der Waals surface area contributed by atoms with Gasteiger partial charge in [-0.05, 0) is 45.8 Å². The molecule has 0 heterocycles. The van der Waals surface area contributed by atoms with Crippen molar-refractivity contribution < 1.29 is 4.74 Å². The van der Waals surface area contributed by atoms with E-state index in [2.05, 4.69) is 31.0 Å². The first-order valence-electron chi connectivity index (χ1n) is 6.69. The van der Waals surface area contributed by atoms with E-state index in [-0.39, 0.29) is 0 Å². The molecule has 0 saturated heterocycles. The first-order valence-corrected chi connectivity index (χ1v) is 6.69. The molecule has 0 aromatic rings. The van der Waals surface area contributed by atoms with E-state index < -0.39 is 0 Å². The van der Waals surface area contributed by atoms with Crippen LogP contribution in [-0.2, 0) is 4.74 Å². The van der Waals surface area contributed by atoms with E-state index in [0.29, 0.717) is 6.04 Å². The van der Waals surface area contributed by atoms with E-state index in [1.54, 1.807) is 7.11 Å². The van der Waals surface area contributed by atoms with Crippen LogP contribution >= 0.6 is 0 Å². The Labute approximate surface area is 102 Å². The average molecular weight is 230 g/mol. The van der Waals surface area contributed by atoms with Gasteiger partial charge in [-0.2, -0.15) is 0 Å². The third-order valence-corrected chi connectivity index (χ3v) is 3.10. The molecule has 16 heavy (non-hydrogen) atoms. The molecule has 1 unspecified atom stereocenters. The minimum Gasteiger partial charge on any atom is -0.383 e. The average Bonchev–Trinajstić information content (AvgIpc) is 2.31. The maximum absolute atomic E-state index is 5.16. The predicted octanol–water partition coefficient (Wildman–Crippen LogP) is 2.12. The van der Waals surface area contributed by atoms with Gasteiger partial charge in [-0.3, -0.25) is 4.90 Å². The molecule has 0 saturated carbocycles. The highest BCUT2D eigenvalue weighted by Gasteiger charge is 2.10. The van der Waals surface area contributed by atoms with Gasteiger partial charge < -0.3 is 10.1 Å². The van der Waals surface area contributed by atoms with E-state index in [9.17, 15) is 0 Å². The molecule has 0 aromatic carbocycles. The standard InChI is InChI=1S/C13H30N2O/c1-5-13(3)15(11-12-16-4)10-8-7-9-14-6-2/h13-14H,5-12H2,1-4H3. The minimum absolute atomic E-state index is 0.675. The summed E-state index contributed by atoms with van der Waals surface area (Å²) >= 11 is 0. The summed E-state index contributed by atoms with van der Waals surface area (Å²) in [6, 6.07) is 0.675. The summed E-state index contributed by atoms with van der Waals surface area (Å²) in [4.78, 5) is 2.54. The number of methoxy groups -OCH3 is 1. The molecule has 3 heteroatoms. The number of rotatable bonds is 11. The highest BCUT2D eigenvalue weighted by molar-refractivity contribution is 4.65. The summed E-state index contributed by atoms with van der Waals surface area (Å²) in [7, 11) is 1.78. The SMILES string of the molecule is CCNCCCCN(CCOC)C(C)CC. The number of ether oxygens (including phenoxy) is 1. The Morgan fingerprint density at radius 1 is 1.19 bits per heavy atom. The fraction of sp³-hybridized carbons (Fsp3) is 1.00. The molecule has 0 aliphatic heterocycles. The molecule has 0 bridgehead atoms. The van der Waals surface area contributed by atoms with Crippen LogP contribution in [0.4, 0.5) is 0 Å². The Balaban J connectivity index is 3.65. The lowest BCUT2D eigenvalue weighted by Gasteiger charge is -2.28. The second kappa shape index (κ2) is 11.4. The van der Waals surface area contributed by atoms with Gasteiger partial charge in [-0.1, -0.05) is 13.8 Å². The molecule has 0 fully saturated rings. The Morgan fingerprint density at radius 2 is 1.94 bits per heavy atom. The van der Waals surface area contributed by atoms with Gasteiger partial charge in [0, 0.05) is 19.7 Å². The quantitative estimate of drug-likeness (QED) is 0.550. The molecule has 1 atom stereocenters. The number of hydrogen-bond acceptors (Lipinski definition) is 3. The molecule has 0 aromatic heterocycles. The number of nitrogens with zero attached hydrogens (tertiary/aromatic N) is 1. The maximum atomic E-state index is 5.16.